The fourth-order valence-corrected chi connectivity index (χ4v) is 2.44. The van der Waals surface area contributed by atoms with Gasteiger partial charge in [0.1, 0.15) is 5.82 Å². The van der Waals surface area contributed by atoms with Crippen molar-refractivity contribution >= 4 is 29.9 Å². The predicted octanol–water partition coefficient (Wildman–Crippen LogP) is 2.64. The summed E-state index contributed by atoms with van der Waals surface area (Å²) in [5.74, 6) is -0.423. The average molecular weight is 307 g/mol. The standard InChI is InChI=1S/C13H16ClFN2O.ClH/c14-11-5-8(1-4-12(11)15)7-17-13(18)9-2-3-10(16)6-9;/h1,4-5,9-10H,2-3,6-7,16H2,(H,17,18);1H. The zero-order valence-electron chi connectivity index (χ0n) is 10.4. The molecule has 0 heterocycles. The monoisotopic (exact) mass is 306 g/mol. The molecule has 2 unspecified atom stereocenters. The van der Waals surface area contributed by atoms with E-state index in [9.17, 15) is 9.18 Å². The van der Waals surface area contributed by atoms with Crippen molar-refractivity contribution < 1.29 is 9.18 Å². The summed E-state index contributed by atoms with van der Waals surface area (Å²) in [7, 11) is 0. The van der Waals surface area contributed by atoms with Crippen LogP contribution in [-0.2, 0) is 11.3 Å². The van der Waals surface area contributed by atoms with Gasteiger partial charge in [-0.25, -0.2) is 4.39 Å². The van der Waals surface area contributed by atoms with E-state index in [0.29, 0.717) is 6.54 Å². The number of carbonyl (C=O) groups is 1. The highest BCUT2D eigenvalue weighted by molar-refractivity contribution is 6.30. The highest BCUT2D eigenvalue weighted by atomic mass is 35.5. The van der Waals surface area contributed by atoms with Gasteiger partial charge in [-0.05, 0) is 37.0 Å². The van der Waals surface area contributed by atoms with Gasteiger partial charge in [-0.15, -0.1) is 12.4 Å². The molecule has 0 saturated heterocycles. The third-order valence-electron chi connectivity index (χ3n) is 3.29. The number of nitrogens with one attached hydrogen (secondary N) is 1. The van der Waals surface area contributed by atoms with Crippen molar-refractivity contribution in [3.63, 3.8) is 0 Å². The van der Waals surface area contributed by atoms with Gasteiger partial charge in [0.25, 0.3) is 0 Å². The topological polar surface area (TPSA) is 55.1 Å². The maximum Gasteiger partial charge on any atom is 0.223 e. The van der Waals surface area contributed by atoms with Crippen molar-refractivity contribution in [3.05, 3.63) is 34.6 Å². The minimum Gasteiger partial charge on any atom is -0.352 e. The minimum absolute atomic E-state index is 0. The molecule has 1 aromatic carbocycles. The van der Waals surface area contributed by atoms with Gasteiger partial charge in [0.15, 0.2) is 0 Å². The molecule has 0 spiro atoms. The van der Waals surface area contributed by atoms with Gasteiger partial charge in [0.05, 0.1) is 5.02 Å². The lowest BCUT2D eigenvalue weighted by Gasteiger charge is -2.11. The molecule has 106 valence electrons. The summed E-state index contributed by atoms with van der Waals surface area (Å²) >= 11 is 5.67. The Morgan fingerprint density at radius 2 is 2.21 bits per heavy atom. The van der Waals surface area contributed by atoms with Crippen molar-refractivity contribution in [1.82, 2.24) is 5.32 Å². The van der Waals surface area contributed by atoms with Gasteiger partial charge in [-0.2, -0.15) is 0 Å². The van der Waals surface area contributed by atoms with Crippen LogP contribution in [0.4, 0.5) is 4.39 Å². The van der Waals surface area contributed by atoms with Crippen LogP contribution in [0, 0.1) is 11.7 Å². The quantitative estimate of drug-likeness (QED) is 0.902. The fourth-order valence-electron chi connectivity index (χ4n) is 2.24. The third-order valence-corrected chi connectivity index (χ3v) is 3.58. The Morgan fingerprint density at radius 1 is 1.47 bits per heavy atom. The van der Waals surface area contributed by atoms with Gasteiger partial charge in [-0.1, -0.05) is 17.7 Å². The van der Waals surface area contributed by atoms with E-state index in [2.05, 4.69) is 5.32 Å². The maximum absolute atomic E-state index is 13.0. The molecule has 0 radical (unpaired) electrons. The van der Waals surface area contributed by atoms with Crippen LogP contribution in [0.3, 0.4) is 0 Å². The molecule has 6 heteroatoms. The second-order valence-electron chi connectivity index (χ2n) is 4.74. The molecule has 1 aromatic rings. The predicted molar refractivity (Wildman–Crippen MR) is 75.8 cm³/mol. The summed E-state index contributed by atoms with van der Waals surface area (Å²) in [4.78, 5) is 11.8. The Morgan fingerprint density at radius 3 is 2.79 bits per heavy atom. The number of halogens is 3. The van der Waals surface area contributed by atoms with Crippen LogP contribution in [0.5, 0.6) is 0 Å². The van der Waals surface area contributed by atoms with Crippen LogP contribution < -0.4 is 11.1 Å². The summed E-state index contributed by atoms with van der Waals surface area (Å²) in [5, 5.41) is 2.91. The Labute approximate surface area is 123 Å². The molecular weight excluding hydrogens is 290 g/mol. The van der Waals surface area contributed by atoms with E-state index in [-0.39, 0.29) is 35.3 Å². The molecular formula is C13H17Cl2FN2O. The SMILES string of the molecule is Cl.NC1CCC(C(=O)NCc2ccc(F)c(Cl)c2)C1. The molecule has 0 aromatic heterocycles. The van der Waals surface area contributed by atoms with E-state index in [4.69, 9.17) is 17.3 Å². The molecule has 2 rings (SSSR count). The van der Waals surface area contributed by atoms with E-state index in [1.165, 1.54) is 12.1 Å². The number of amides is 1. The smallest absolute Gasteiger partial charge is 0.223 e. The first-order chi connectivity index (χ1) is 8.56. The van der Waals surface area contributed by atoms with E-state index >= 15 is 0 Å². The number of hydrogen-bond acceptors (Lipinski definition) is 2. The molecule has 19 heavy (non-hydrogen) atoms. The Balaban J connectivity index is 0.00000180. The lowest BCUT2D eigenvalue weighted by atomic mass is 10.1. The van der Waals surface area contributed by atoms with Gasteiger partial charge in [-0.3, -0.25) is 4.79 Å². The molecule has 1 saturated carbocycles. The summed E-state index contributed by atoms with van der Waals surface area (Å²) in [6.07, 6.45) is 2.49. The maximum atomic E-state index is 13.0. The first-order valence-corrected chi connectivity index (χ1v) is 6.41. The highest BCUT2D eigenvalue weighted by Gasteiger charge is 2.27. The van der Waals surface area contributed by atoms with Crippen LogP contribution in [-0.4, -0.2) is 11.9 Å². The zero-order chi connectivity index (χ0) is 13.1. The molecule has 1 amide bonds. The second-order valence-corrected chi connectivity index (χ2v) is 5.14. The lowest BCUT2D eigenvalue weighted by Crippen LogP contribution is -2.30. The molecule has 1 aliphatic carbocycles. The van der Waals surface area contributed by atoms with Crippen LogP contribution >= 0.6 is 24.0 Å². The Bertz CT molecular complexity index is 456. The number of carbonyl (C=O) groups excluding carboxylic acids is 1. The first-order valence-electron chi connectivity index (χ1n) is 6.03. The third kappa shape index (κ3) is 4.34. The Hall–Kier alpha value is -0.840. The molecule has 1 fully saturated rings. The van der Waals surface area contributed by atoms with E-state index < -0.39 is 5.82 Å². The summed E-state index contributed by atoms with van der Waals surface area (Å²) in [6.45, 7) is 0.366. The number of benzene rings is 1. The molecule has 3 N–H and O–H groups in total. The summed E-state index contributed by atoms with van der Waals surface area (Å²) in [6, 6.07) is 4.58. The van der Waals surface area contributed by atoms with Gasteiger partial charge >= 0.3 is 0 Å². The average Bonchev–Trinajstić information content (AvgIpc) is 2.77. The molecule has 3 nitrogen and oxygen atoms in total. The van der Waals surface area contributed by atoms with Crippen LogP contribution in [0.15, 0.2) is 18.2 Å². The van der Waals surface area contributed by atoms with Gasteiger partial charge < -0.3 is 11.1 Å². The number of nitrogens with two attached hydrogens (primary N) is 1. The van der Waals surface area contributed by atoms with Crippen molar-refractivity contribution in [2.24, 2.45) is 11.7 Å². The molecule has 1 aliphatic rings. The van der Waals surface area contributed by atoms with Gasteiger partial charge in [0.2, 0.25) is 5.91 Å². The molecule has 2 atom stereocenters. The van der Waals surface area contributed by atoms with Crippen molar-refractivity contribution in [2.45, 2.75) is 31.8 Å². The molecule has 0 aliphatic heterocycles. The van der Waals surface area contributed by atoms with Crippen molar-refractivity contribution in [3.8, 4) is 0 Å². The normalized spacial score (nSPS) is 21.8. The fraction of sp³-hybridized carbons (Fsp3) is 0.462. The number of hydrogen-bond donors (Lipinski definition) is 2. The van der Waals surface area contributed by atoms with Crippen LogP contribution in [0.2, 0.25) is 5.02 Å². The zero-order valence-corrected chi connectivity index (χ0v) is 11.9. The van der Waals surface area contributed by atoms with E-state index in [1.807, 2.05) is 0 Å². The lowest BCUT2D eigenvalue weighted by molar-refractivity contribution is -0.125. The summed E-state index contributed by atoms with van der Waals surface area (Å²) < 4.78 is 13.0. The highest BCUT2D eigenvalue weighted by Crippen LogP contribution is 2.24. The Kier molecular flexibility index (Phi) is 6.04. The first kappa shape index (κ1) is 16.2. The van der Waals surface area contributed by atoms with Crippen LogP contribution in [0.1, 0.15) is 24.8 Å². The van der Waals surface area contributed by atoms with E-state index in [1.54, 1.807) is 6.07 Å². The van der Waals surface area contributed by atoms with Crippen molar-refractivity contribution in [2.75, 3.05) is 0 Å². The second kappa shape index (κ2) is 7.08. The van der Waals surface area contributed by atoms with E-state index in [0.717, 1.165) is 24.8 Å². The number of rotatable bonds is 3. The molecule has 0 bridgehead atoms. The van der Waals surface area contributed by atoms with Crippen LogP contribution in [0.25, 0.3) is 0 Å². The summed E-state index contributed by atoms with van der Waals surface area (Å²) in [5.41, 5.74) is 6.56. The largest absolute Gasteiger partial charge is 0.352 e. The van der Waals surface area contributed by atoms with Gasteiger partial charge in [0, 0.05) is 18.5 Å². The van der Waals surface area contributed by atoms with Crippen molar-refractivity contribution in [1.29, 1.82) is 0 Å². The minimum atomic E-state index is -0.450.